The molecule has 138 valence electrons. The number of hydrogen-bond donors (Lipinski definition) is 1. The molecule has 26 heavy (non-hydrogen) atoms. The van der Waals surface area contributed by atoms with Gasteiger partial charge >= 0.3 is 11.9 Å². The van der Waals surface area contributed by atoms with Gasteiger partial charge < -0.3 is 19.7 Å². The third-order valence-electron chi connectivity index (χ3n) is 3.82. The van der Waals surface area contributed by atoms with E-state index in [-0.39, 0.29) is 11.3 Å². The zero-order chi connectivity index (χ0) is 19.1. The van der Waals surface area contributed by atoms with Gasteiger partial charge in [0.1, 0.15) is 5.70 Å². The van der Waals surface area contributed by atoms with Crippen LogP contribution in [0.25, 0.3) is 0 Å². The van der Waals surface area contributed by atoms with Gasteiger partial charge in [-0.05, 0) is 29.8 Å². The molecule has 0 unspecified atom stereocenters. The van der Waals surface area contributed by atoms with Crippen LogP contribution in [0.4, 0.5) is 5.69 Å². The van der Waals surface area contributed by atoms with Crippen LogP contribution in [0.15, 0.2) is 60.0 Å². The number of nitrogens with zero attached hydrogens (tertiary/aromatic N) is 1. The lowest BCUT2D eigenvalue weighted by molar-refractivity contribution is -0.139. The van der Waals surface area contributed by atoms with Gasteiger partial charge in [0.15, 0.2) is 0 Å². The largest absolute Gasteiger partial charge is 0.465 e. The van der Waals surface area contributed by atoms with Crippen molar-refractivity contribution in [3.05, 3.63) is 65.5 Å². The Morgan fingerprint density at radius 3 is 2.27 bits per heavy atom. The number of rotatable bonds is 6. The molecule has 0 bridgehead atoms. The lowest BCUT2D eigenvalue weighted by Gasteiger charge is -2.23. The molecule has 0 radical (unpaired) electrons. The molecule has 1 N–H and O–H groups in total. The number of carbonyl (C=O) groups excluding carboxylic acids is 2. The fourth-order valence-electron chi connectivity index (χ4n) is 2.46. The number of anilines is 1. The van der Waals surface area contributed by atoms with E-state index in [1.807, 2.05) is 24.3 Å². The van der Waals surface area contributed by atoms with Crippen LogP contribution >= 0.6 is 0 Å². The summed E-state index contributed by atoms with van der Waals surface area (Å²) >= 11 is 0. The van der Waals surface area contributed by atoms with Gasteiger partial charge in [0.2, 0.25) is 0 Å². The van der Waals surface area contributed by atoms with Gasteiger partial charge in [-0.15, -0.1) is 0 Å². The minimum atomic E-state index is -0.618. The summed E-state index contributed by atoms with van der Waals surface area (Å²) in [5, 5.41) is 3.35. The standard InChI is InChI=1S/C20H24N2O4/c1-14(2)21-13-15-8-10-16(11-9-15)22-12-6-5-7-17(19(23)25-3)18(22)20(24)26-4/h5-12,14,21H,13H2,1-4H3. The summed E-state index contributed by atoms with van der Waals surface area (Å²) in [6.45, 7) is 4.93. The molecular formula is C20H24N2O4. The summed E-state index contributed by atoms with van der Waals surface area (Å²) in [7, 11) is 2.55. The van der Waals surface area contributed by atoms with Gasteiger partial charge in [0, 0.05) is 24.5 Å². The summed E-state index contributed by atoms with van der Waals surface area (Å²) in [6.07, 6.45) is 6.67. The maximum atomic E-state index is 12.4. The van der Waals surface area contributed by atoms with Crippen molar-refractivity contribution in [2.24, 2.45) is 0 Å². The van der Waals surface area contributed by atoms with E-state index in [2.05, 4.69) is 19.2 Å². The molecule has 2 rings (SSSR count). The van der Waals surface area contributed by atoms with Gasteiger partial charge in [0.05, 0.1) is 19.8 Å². The molecule has 0 aliphatic carbocycles. The summed E-state index contributed by atoms with van der Waals surface area (Å²) in [5.41, 5.74) is 2.10. The fraction of sp³-hybridized carbons (Fsp3) is 0.300. The highest BCUT2D eigenvalue weighted by atomic mass is 16.5. The predicted octanol–water partition coefficient (Wildman–Crippen LogP) is 2.67. The molecule has 0 saturated carbocycles. The van der Waals surface area contributed by atoms with Crippen LogP contribution in [-0.4, -0.2) is 32.2 Å². The first-order valence-corrected chi connectivity index (χ1v) is 8.35. The molecule has 1 aromatic rings. The molecule has 0 fully saturated rings. The summed E-state index contributed by atoms with van der Waals surface area (Å²) in [4.78, 5) is 26.1. The van der Waals surface area contributed by atoms with E-state index < -0.39 is 11.9 Å². The topological polar surface area (TPSA) is 67.9 Å². The Morgan fingerprint density at radius 1 is 1.04 bits per heavy atom. The number of carbonyl (C=O) groups is 2. The van der Waals surface area contributed by atoms with Crippen molar-refractivity contribution in [2.45, 2.75) is 26.4 Å². The van der Waals surface area contributed by atoms with Gasteiger partial charge in [-0.1, -0.05) is 32.1 Å². The first-order valence-electron chi connectivity index (χ1n) is 8.35. The second-order valence-corrected chi connectivity index (χ2v) is 6.02. The number of methoxy groups -OCH3 is 2. The van der Waals surface area contributed by atoms with Crippen LogP contribution in [-0.2, 0) is 25.6 Å². The van der Waals surface area contributed by atoms with E-state index in [0.717, 1.165) is 17.8 Å². The van der Waals surface area contributed by atoms with E-state index >= 15 is 0 Å². The van der Waals surface area contributed by atoms with Crippen LogP contribution in [0.3, 0.4) is 0 Å². The number of hydrogen-bond acceptors (Lipinski definition) is 6. The molecule has 1 aliphatic heterocycles. The molecule has 0 aromatic heterocycles. The van der Waals surface area contributed by atoms with Crippen LogP contribution in [0.2, 0.25) is 0 Å². The lowest BCUT2D eigenvalue weighted by Crippen LogP contribution is -2.27. The van der Waals surface area contributed by atoms with E-state index in [1.54, 1.807) is 23.3 Å². The summed E-state index contributed by atoms with van der Waals surface area (Å²) in [5.74, 6) is -1.22. The van der Waals surface area contributed by atoms with Crippen molar-refractivity contribution in [1.82, 2.24) is 5.32 Å². The summed E-state index contributed by atoms with van der Waals surface area (Å²) < 4.78 is 9.70. The molecule has 1 heterocycles. The number of nitrogens with one attached hydrogen (secondary N) is 1. The Hall–Kier alpha value is -2.86. The SMILES string of the molecule is COC(=O)C1=C(C(=O)OC)N(c2ccc(CNC(C)C)cc2)C=CC=C1. The van der Waals surface area contributed by atoms with E-state index in [4.69, 9.17) is 9.47 Å². The van der Waals surface area contributed by atoms with E-state index in [1.165, 1.54) is 20.3 Å². The maximum absolute atomic E-state index is 12.4. The van der Waals surface area contributed by atoms with Crippen LogP contribution < -0.4 is 10.2 Å². The molecule has 0 saturated heterocycles. The average Bonchev–Trinajstić information content (AvgIpc) is 2.88. The molecule has 1 aliphatic rings. The normalized spacial score (nSPS) is 13.8. The Bertz CT molecular complexity index is 746. The monoisotopic (exact) mass is 356 g/mol. The second kappa shape index (κ2) is 9.01. The molecule has 1 aromatic carbocycles. The van der Waals surface area contributed by atoms with E-state index in [9.17, 15) is 9.59 Å². The highest BCUT2D eigenvalue weighted by Gasteiger charge is 2.27. The number of esters is 2. The van der Waals surface area contributed by atoms with Gasteiger partial charge in [-0.2, -0.15) is 0 Å². The Kier molecular flexibility index (Phi) is 6.74. The van der Waals surface area contributed by atoms with Gasteiger partial charge in [-0.25, -0.2) is 9.59 Å². The smallest absolute Gasteiger partial charge is 0.355 e. The first kappa shape index (κ1) is 19.5. The number of ether oxygens (including phenoxy) is 2. The number of benzene rings is 1. The highest BCUT2D eigenvalue weighted by molar-refractivity contribution is 6.05. The molecule has 0 amide bonds. The average molecular weight is 356 g/mol. The van der Waals surface area contributed by atoms with Crippen molar-refractivity contribution in [2.75, 3.05) is 19.1 Å². The molecule has 0 spiro atoms. The van der Waals surface area contributed by atoms with Crippen molar-refractivity contribution in [3.8, 4) is 0 Å². The van der Waals surface area contributed by atoms with Crippen molar-refractivity contribution >= 4 is 17.6 Å². The number of allylic oxidation sites excluding steroid dienone is 2. The van der Waals surface area contributed by atoms with Crippen LogP contribution in [0.1, 0.15) is 19.4 Å². The Morgan fingerprint density at radius 2 is 1.69 bits per heavy atom. The Labute approximate surface area is 153 Å². The molecule has 6 heteroatoms. The minimum Gasteiger partial charge on any atom is -0.465 e. The van der Waals surface area contributed by atoms with Crippen molar-refractivity contribution in [3.63, 3.8) is 0 Å². The Balaban J connectivity index is 2.41. The lowest BCUT2D eigenvalue weighted by atomic mass is 10.1. The zero-order valence-electron chi connectivity index (χ0n) is 15.5. The molecular weight excluding hydrogens is 332 g/mol. The minimum absolute atomic E-state index is 0.109. The van der Waals surface area contributed by atoms with Crippen LogP contribution in [0.5, 0.6) is 0 Å². The highest BCUT2D eigenvalue weighted by Crippen LogP contribution is 2.26. The predicted molar refractivity (Wildman–Crippen MR) is 100 cm³/mol. The summed E-state index contributed by atoms with van der Waals surface area (Å²) in [6, 6.07) is 8.13. The van der Waals surface area contributed by atoms with Crippen molar-refractivity contribution in [1.29, 1.82) is 0 Å². The third-order valence-corrected chi connectivity index (χ3v) is 3.82. The quantitative estimate of drug-likeness (QED) is 0.791. The first-order chi connectivity index (χ1) is 12.5. The maximum Gasteiger partial charge on any atom is 0.355 e. The van der Waals surface area contributed by atoms with Gasteiger partial charge in [0.25, 0.3) is 0 Å². The molecule has 6 nitrogen and oxygen atoms in total. The second-order valence-electron chi connectivity index (χ2n) is 6.02. The van der Waals surface area contributed by atoms with Crippen LogP contribution in [0, 0.1) is 0 Å². The van der Waals surface area contributed by atoms with Crippen molar-refractivity contribution < 1.29 is 19.1 Å². The zero-order valence-corrected chi connectivity index (χ0v) is 15.5. The third kappa shape index (κ3) is 4.61. The fourth-order valence-corrected chi connectivity index (χ4v) is 2.46. The van der Waals surface area contributed by atoms with E-state index in [0.29, 0.717) is 6.04 Å². The molecule has 0 atom stereocenters. The van der Waals surface area contributed by atoms with Gasteiger partial charge in [-0.3, -0.25) is 0 Å².